The van der Waals surface area contributed by atoms with Crippen LogP contribution in [0.2, 0.25) is 0 Å². The third-order valence-electron chi connectivity index (χ3n) is 4.15. The standard InChI is InChI=1S/C21H21N3O3/c1-14(23-18-9-5-7-16-6-3-4-8-17(16)18)21(26)24-22-13-15-10-11-19(25)20(12-15)27-2/h3-14,23,25H,1-2H3,(H,24,26)/b22-13+. The van der Waals surface area contributed by atoms with Crippen LogP contribution in [0.15, 0.2) is 65.8 Å². The molecule has 0 radical (unpaired) electrons. The summed E-state index contributed by atoms with van der Waals surface area (Å²) in [4.78, 5) is 12.3. The van der Waals surface area contributed by atoms with E-state index in [1.807, 2.05) is 42.5 Å². The highest BCUT2D eigenvalue weighted by Gasteiger charge is 2.13. The molecule has 0 heterocycles. The molecule has 3 aromatic carbocycles. The van der Waals surface area contributed by atoms with Gasteiger partial charge in [-0.3, -0.25) is 4.79 Å². The van der Waals surface area contributed by atoms with Crippen molar-refractivity contribution in [3.05, 3.63) is 66.2 Å². The first-order valence-corrected chi connectivity index (χ1v) is 8.52. The Morgan fingerprint density at radius 1 is 1.15 bits per heavy atom. The molecule has 0 aliphatic rings. The highest BCUT2D eigenvalue weighted by atomic mass is 16.5. The number of phenolic OH excluding ortho intramolecular Hbond substituents is 1. The molecule has 3 aromatic rings. The van der Waals surface area contributed by atoms with Crippen LogP contribution in [-0.4, -0.2) is 30.4 Å². The van der Waals surface area contributed by atoms with E-state index in [1.54, 1.807) is 19.1 Å². The van der Waals surface area contributed by atoms with Crippen molar-refractivity contribution < 1.29 is 14.6 Å². The molecular weight excluding hydrogens is 342 g/mol. The van der Waals surface area contributed by atoms with Crippen molar-refractivity contribution in [2.24, 2.45) is 5.10 Å². The smallest absolute Gasteiger partial charge is 0.262 e. The molecule has 0 aromatic heterocycles. The summed E-state index contributed by atoms with van der Waals surface area (Å²) < 4.78 is 5.04. The Morgan fingerprint density at radius 3 is 2.74 bits per heavy atom. The van der Waals surface area contributed by atoms with Crippen LogP contribution in [0.4, 0.5) is 5.69 Å². The molecule has 1 unspecified atom stereocenters. The first-order chi connectivity index (χ1) is 13.1. The summed E-state index contributed by atoms with van der Waals surface area (Å²) in [5.41, 5.74) is 4.10. The van der Waals surface area contributed by atoms with E-state index < -0.39 is 6.04 Å². The van der Waals surface area contributed by atoms with Gasteiger partial charge in [-0.05, 0) is 42.1 Å². The number of nitrogens with one attached hydrogen (secondary N) is 2. The largest absolute Gasteiger partial charge is 0.504 e. The Labute approximate surface area is 157 Å². The number of amides is 1. The van der Waals surface area contributed by atoms with Gasteiger partial charge >= 0.3 is 0 Å². The summed E-state index contributed by atoms with van der Waals surface area (Å²) in [5.74, 6) is 0.132. The van der Waals surface area contributed by atoms with Crippen molar-refractivity contribution in [1.29, 1.82) is 0 Å². The van der Waals surface area contributed by atoms with Crippen molar-refractivity contribution in [2.75, 3.05) is 12.4 Å². The maximum Gasteiger partial charge on any atom is 0.262 e. The highest BCUT2D eigenvalue weighted by molar-refractivity contribution is 5.96. The van der Waals surface area contributed by atoms with Crippen LogP contribution in [0, 0.1) is 0 Å². The number of carbonyl (C=O) groups excluding carboxylic acids is 1. The number of ether oxygens (including phenoxy) is 1. The maximum atomic E-state index is 12.3. The van der Waals surface area contributed by atoms with Gasteiger partial charge in [0.15, 0.2) is 11.5 Å². The van der Waals surface area contributed by atoms with E-state index in [-0.39, 0.29) is 11.7 Å². The summed E-state index contributed by atoms with van der Waals surface area (Å²) in [7, 11) is 1.47. The topological polar surface area (TPSA) is 83.0 Å². The van der Waals surface area contributed by atoms with Crippen molar-refractivity contribution in [2.45, 2.75) is 13.0 Å². The molecule has 0 spiro atoms. The Morgan fingerprint density at radius 2 is 1.93 bits per heavy atom. The lowest BCUT2D eigenvalue weighted by molar-refractivity contribution is -0.121. The number of hydrogen-bond acceptors (Lipinski definition) is 5. The van der Waals surface area contributed by atoms with E-state index in [0.29, 0.717) is 11.3 Å². The number of phenols is 1. The summed E-state index contributed by atoms with van der Waals surface area (Å²) >= 11 is 0. The number of hydrogen-bond donors (Lipinski definition) is 3. The maximum absolute atomic E-state index is 12.3. The summed E-state index contributed by atoms with van der Waals surface area (Å²) in [6, 6.07) is 18.2. The third kappa shape index (κ3) is 4.36. The van der Waals surface area contributed by atoms with Gasteiger partial charge in [-0.2, -0.15) is 5.10 Å². The minimum absolute atomic E-state index is 0.0478. The summed E-state index contributed by atoms with van der Waals surface area (Å²) in [6.07, 6.45) is 1.49. The highest BCUT2D eigenvalue weighted by Crippen LogP contribution is 2.25. The molecule has 138 valence electrons. The lowest BCUT2D eigenvalue weighted by Gasteiger charge is -2.15. The van der Waals surface area contributed by atoms with Crippen LogP contribution >= 0.6 is 0 Å². The molecular formula is C21H21N3O3. The monoisotopic (exact) mass is 363 g/mol. The number of aromatic hydroxyl groups is 1. The Kier molecular flexibility index (Phi) is 5.56. The normalized spacial score (nSPS) is 12.1. The van der Waals surface area contributed by atoms with Gasteiger partial charge in [0.25, 0.3) is 5.91 Å². The Bertz CT molecular complexity index is 980. The third-order valence-corrected chi connectivity index (χ3v) is 4.15. The number of rotatable bonds is 6. The fourth-order valence-electron chi connectivity index (χ4n) is 2.69. The van der Waals surface area contributed by atoms with Crippen LogP contribution in [0.25, 0.3) is 10.8 Å². The second-order valence-corrected chi connectivity index (χ2v) is 6.06. The first kappa shape index (κ1) is 18.3. The molecule has 0 saturated heterocycles. The van der Waals surface area contributed by atoms with Crippen LogP contribution in [0.5, 0.6) is 11.5 Å². The SMILES string of the molecule is COc1cc(/C=N/NC(=O)C(C)Nc2cccc3ccccc23)ccc1O. The summed E-state index contributed by atoms with van der Waals surface area (Å²) in [6.45, 7) is 1.77. The molecule has 3 N–H and O–H groups in total. The number of carbonyl (C=O) groups is 1. The predicted octanol–water partition coefficient (Wildman–Crippen LogP) is 3.50. The van der Waals surface area contributed by atoms with E-state index >= 15 is 0 Å². The van der Waals surface area contributed by atoms with Crippen molar-refractivity contribution in [3.63, 3.8) is 0 Å². The van der Waals surface area contributed by atoms with Crippen LogP contribution < -0.4 is 15.5 Å². The minimum Gasteiger partial charge on any atom is -0.504 e. The lowest BCUT2D eigenvalue weighted by Crippen LogP contribution is -2.34. The van der Waals surface area contributed by atoms with E-state index in [1.165, 1.54) is 19.4 Å². The molecule has 0 fully saturated rings. The Balaban J connectivity index is 1.64. The zero-order valence-corrected chi connectivity index (χ0v) is 15.1. The zero-order valence-electron chi connectivity index (χ0n) is 15.1. The average molecular weight is 363 g/mol. The molecule has 27 heavy (non-hydrogen) atoms. The van der Waals surface area contributed by atoms with E-state index in [2.05, 4.69) is 15.8 Å². The van der Waals surface area contributed by atoms with Crippen LogP contribution in [0.3, 0.4) is 0 Å². The van der Waals surface area contributed by atoms with Gasteiger partial charge in [0.1, 0.15) is 6.04 Å². The zero-order chi connectivity index (χ0) is 19.2. The molecule has 1 atom stereocenters. The van der Waals surface area contributed by atoms with Gasteiger partial charge in [0.2, 0.25) is 0 Å². The second kappa shape index (κ2) is 8.23. The van der Waals surface area contributed by atoms with Gasteiger partial charge in [0.05, 0.1) is 13.3 Å². The molecule has 6 nitrogen and oxygen atoms in total. The van der Waals surface area contributed by atoms with Crippen molar-refractivity contribution in [1.82, 2.24) is 5.43 Å². The van der Waals surface area contributed by atoms with Gasteiger partial charge < -0.3 is 15.2 Å². The molecule has 0 bridgehead atoms. The quantitative estimate of drug-likeness (QED) is 0.462. The van der Waals surface area contributed by atoms with Gasteiger partial charge in [0, 0.05) is 11.1 Å². The first-order valence-electron chi connectivity index (χ1n) is 8.52. The lowest BCUT2D eigenvalue weighted by atomic mass is 10.1. The number of anilines is 1. The molecule has 0 aliphatic carbocycles. The number of fused-ring (bicyclic) bond motifs is 1. The average Bonchev–Trinajstić information content (AvgIpc) is 2.69. The number of methoxy groups -OCH3 is 1. The number of hydrazone groups is 1. The van der Waals surface area contributed by atoms with Crippen molar-refractivity contribution in [3.8, 4) is 11.5 Å². The van der Waals surface area contributed by atoms with E-state index in [0.717, 1.165) is 16.5 Å². The summed E-state index contributed by atoms with van der Waals surface area (Å²) in [5, 5.41) is 18.9. The fourth-order valence-corrected chi connectivity index (χ4v) is 2.69. The number of nitrogens with zero attached hydrogens (tertiary/aromatic N) is 1. The van der Waals surface area contributed by atoms with Gasteiger partial charge in [-0.1, -0.05) is 36.4 Å². The molecule has 1 amide bonds. The van der Waals surface area contributed by atoms with Gasteiger partial charge in [-0.15, -0.1) is 0 Å². The van der Waals surface area contributed by atoms with E-state index in [4.69, 9.17) is 4.74 Å². The molecule has 0 aliphatic heterocycles. The minimum atomic E-state index is -0.470. The molecule has 3 rings (SSSR count). The van der Waals surface area contributed by atoms with Crippen LogP contribution in [-0.2, 0) is 4.79 Å². The predicted molar refractivity (Wildman–Crippen MR) is 107 cm³/mol. The molecule has 0 saturated carbocycles. The Hall–Kier alpha value is -3.54. The fraction of sp³-hybridized carbons (Fsp3) is 0.143. The van der Waals surface area contributed by atoms with Gasteiger partial charge in [-0.25, -0.2) is 5.43 Å². The van der Waals surface area contributed by atoms with E-state index in [9.17, 15) is 9.90 Å². The van der Waals surface area contributed by atoms with Crippen LogP contribution in [0.1, 0.15) is 12.5 Å². The number of benzene rings is 3. The van der Waals surface area contributed by atoms with Crippen molar-refractivity contribution >= 4 is 28.6 Å². The molecule has 6 heteroatoms. The second-order valence-electron chi connectivity index (χ2n) is 6.06.